The molecule has 7 nitrogen and oxygen atoms in total. The highest BCUT2D eigenvalue weighted by atomic mass is 35.5. The van der Waals surface area contributed by atoms with Crippen LogP contribution in [0.4, 0.5) is 0 Å². The molecule has 1 heterocycles. The molecule has 1 saturated carbocycles. The lowest BCUT2D eigenvalue weighted by Crippen LogP contribution is -2.39. The normalized spacial score (nSPS) is 19.3. The van der Waals surface area contributed by atoms with Crippen molar-refractivity contribution in [3.63, 3.8) is 0 Å². The maximum absolute atomic E-state index is 14.1. The fraction of sp³-hybridized carbons (Fsp3) is 0.333. The summed E-state index contributed by atoms with van der Waals surface area (Å²) in [5.74, 6) is -1.42. The van der Waals surface area contributed by atoms with Gasteiger partial charge in [0.25, 0.3) is 10.0 Å². The van der Waals surface area contributed by atoms with E-state index in [0.29, 0.717) is 21.9 Å². The maximum Gasteiger partial charge on any atom is 0.323 e. The third-order valence-corrected chi connectivity index (χ3v) is 9.25. The molecule has 1 fully saturated rings. The van der Waals surface area contributed by atoms with E-state index in [1.54, 1.807) is 55.5 Å². The van der Waals surface area contributed by atoms with Crippen LogP contribution in [0.15, 0.2) is 75.8 Å². The fourth-order valence-corrected chi connectivity index (χ4v) is 7.07. The van der Waals surface area contributed by atoms with Crippen molar-refractivity contribution >= 4 is 33.6 Å². The summed E-state index contributed by atoms with van der Waals surface area (Å²) in [6.45, 7) is 5.43. The number of carbonyl (C=O) groups is 2. The van der Waals surface area contributed by atoms with Crippen LogP contribution in [0.5, 0.6) is 0 Å². The predicted molar refractivity (Wildman–Crippen MR) is 135 cm³/mol. The highest BCUT2D eigenvalue weighted by Gasteiger charge is 2.57. The molecule has 36 heavy (non-hydrogen) atoms. The van der Waals surface area contributed by atoms with Crippen LogP contribution in [0.2, 0.25) is 5.02 Å². The second-order valence-electron chi connectivity index (χ2n) is 9.21. The molecule has 9 heteroatoms. The Morgan fingerprint density at radius 1 is 0.889 bits per heavy atom. The van der Waals surface area contributed by atoms with Crippen molar-refractivity contribution in [1.29, 1.82) is 0 Å². The van der Waals surface area contributed by atoms with Crippen molar-refractivity contribution < 1.29 is 27.5 Å². The molecule has 190 valence electrons. The summed E-state index contributed by atoms with van der Waals surface area (Å²) in [6, 6.07) is 13.0. The number of rotatable bonds is 5. The van der Waals surface area contributed by atoms with Crippen LogP contribution >= 0.6 is 11.6 Å². The minimum absolute atomic E-state index is 0.0158. The number of esters is 2. The van der Waals surface area contributed by atoms with Crippen LogP contribution in [0, 0.1) is 12.3 Å². The quantitative estimate of drug-likeness (QED) is 0.395. The van der Waals surface area contributed by atoms with E-state index < -0.39 is 33.4 Å². The fourth-order valence-electron chi connectivity index (χ4n) is 5.21. The number of fused-ring (bicyclic) bond motifs is 1. The summed E-state index contributed by atoms with van der Waals surface area (Å²) in [5, 5.41) is 0.525. The van der Waals surface area contributed by atoms with Crippen LogP contribution in [0.3, 0.4) is 0 Å². The van der Waals surface area contributed by atoms with E-state index in [0.717, 1.165) is 16.7 Å². The van der Waals surface area contributed by atoms with Gasteiger partial charge in [-0.05, 0) is 73.7 Å². The molecule has 0 saturated heterocycles. The SMILES string of the molecule is COC(=O)C1(C(=O)OC)CC2=C(C)C(c3ccc(Cl)cc3)N(S(=O)(=O)c3ccc(C)cc3)C(C)=C2C1. The lowest BCUT2D eigenvalue weighted by molar-refractivity contribution is -0.168. The zero-order valence-electron chi connectivity index (χ0n) is 20.8. The molecule has 1 aliphatic heterocycles. The third kappa shape index (κ3) is 4.02. The third-order valence-electron chi connectivity index (χ3n) is 7.13. The van der Waals surface area contributed by atoms with E-state index in [1.807, 2.05) is 13.8 Å². The van der Waals surface area contributed by atoms with Gasteiger partial charge in [0.1, 0.15) is 0 Å². The van der Waals surface area contributed by atoms with Gasteiger partial charge >= 0.3 is 11.9 Å². The van der Waals surface area contributed by atoms with E-state index in [2.05, 4.69) is 0 Å². The largest absolute Gasteiger partial charge is 0.468 e. The minimum Gasteiger partial charge on any atom is -0.468 e. The van der Waals surface area contributed by atoms with Crippen molar-refractivity contribution in [2.45, 2.75) is 44.6 Å². The zero-order valence-corrected chi connectivity index (χ0v) is 22.4. The number of hydrogen-bond donors (Lipinski definition) is 0. The van der Waals surface area contributed by atoms with E-state index >= 15 is 0 Å². The Morgan fingerprint density at radius 3 is 1.94 bits per heavy atom. The number of nitrogens with zero attached hydrogens (tertiary/aromatic N) is 1. The molecule has 0 N–H and O–H groups in total. The summed E-state index contributed by atoms with van der Waals surface area (Å²) < 4.78 is 39.6. The number of benzene rings is 2. The average molecular weight is 530 g/mol. The molecular formula is C27H28ClNO6S. The van der Waals surface area contributed by atoms with Crippen LogP contribution in [0.1, 0.15) is 43.9 Å². The van der Waals surface area contributed by atoms with Gasteiger partial charge in [-0.25, -0.2) is 8.42 Å². The van der Waals surface area contributed by atoms with Gasteiger partial charge in [-0.3, -0.25) is 13.9 Å². The number of carbonyl (C=O) groups excluding carboxylic acids is 2. The molecule has 0 bridgehead atoms. The summed E-state index contributed by atoms with van der Waals surface area (Å²) in [6.07, 6.45) is 0.0471. The first-order valence-corrected chi connectivity index (χ1v) is 13.2. The van der Waals surface area contributed by atoms with Gasteiger partial charge in [0.2, 0.25) is 0 Å². The monoisotopic (exact) mass is 529 g/mol. The summed E-state index contributed by atoms with van der Waals surface area (Å²) in [5.41, 5.74) is 2.64. The Labute approximate surface area is 216 Å². The molecule has 0 radical (unpaired) electrons. The van der Waals surface area contributed by atoms with Gasteiger partial charge in [-0.2, -0.15) is 0 Å². The number of halogens is 1. The van der Waals surface area contributed by atoms with Gasteiger partial charge in [-0.15, -0.1) is 0 Å². The smallest absolute Gasteiger partial charge is 0.323 e. The molecule has 2 aromatic carbocycles. The standard InChI is InChI=1S/C27H28ClNO6S/c1-16-6-12-21(13-7-16)36(32,33)29-18(3)23-15-27(25(30)34-4,26(31)35-5)14-22(23)17(2)24(29)19-8-10-20(28)11-9-19/h6-13,24H,14-15H2,1-5H3. The predicted octanol–water partition coefficient (Wildman–Crippen LogP) is 5.11. The molecule has 0 spiro atoms. The molecule has 0 amide bonds. The van der Waals surface area contributed by atoms with Crippen molar-refractivity contribution in [1.82, 2.24) is 4.31 Å². The highest BCUT2D eigenvalue weighted by Crippen LogP contribution is 2.55. The van der Waals surface area contributed by atoms with Crippen LogP contribution in [0.25, 0.3) is 0 Å². The lowest BCUT2D eigenvalue weighted by atomic mass is 9.85. The van der Waals surface area contributed by atoms with Gasteiger partial charge in [0, 0.05) is 17.1 Å². The van der Waals surface area contributed by atoms with Crippen molar-refractivity contribution in [3.8, 4) is 0 Å². The summed E-state index contributed by atoms with van der Waals surface area (Å²) >= 11 is 6.12. The highest BCUT2D eigenvalue weighted by molar-refractivity contribution is 7.89. The van der Waals surface area contributed by atoms with Crippen molar-refractivity contribution in [2.75, 3.05) is 14.2 Å². The van der Waals surface area contributed by atoms with Gasteiger partial charge < -0.3 is 9.47 Å². The molecule has 2 aliphatic rings. The molecule has 0 aromatic heterocycles. The van der Waals surface area contributed by atoms with Crippen molar-refractivity contribution in [3.05, 3.63) is 87.1 Å². The first-order valence-electron chi connectivity index (χ1n) is 11.4. The Hall–Kier alpha value is -3.10. The Morgan fingerprint density at radius 2 is 1.42 bits per heavy atom. The summed E-state index contributed by atoms with van der Waals surface area (Å²) in [7, 11) is -1.57. The second-order valence-corrected chi connectivity index (χ2v) is 11.5. The molecule has 1 aliphatic carbocycles. The number of methoxy groups -OCH3 is 2. The Bertz CT molecular complexity index is 1370. The van der Waals surface area contributed by atoms with Crippen LogP contribution in [-0.2, 0) is 29.1 Å². The van der Waals surface area contributed by atoms with Crippen LogP contribution < -0.4 is 0 Å². The second kappa shape index (κ2) is 9.41. The van der Waals surface area contributed by atoms with Crippen LogP contribution in [-0.4, -0.2) is 38.9 Å². The van der Waals surface area contributed by atoms with E-state index in [4.69, 9.17) is 21.1 Å². The molecular weight excluding hydrogens is 502 g/mol. The van der Waals surface area contributed by atoms with Gasteiger partial charge in [-0.1, -0.05) is 41.4 Å². The topological polar surface area (TPSA) is 90.0 Å². The van der Waals surface area contributed by atoms with E-state index in [9.17, 15) is 18.0 Å². The van der Waals surface area contributed by atoms with E-state index in [-0.39, 0.29) is 17.7 Å². The zero-order chi connectivity index (χ0) is 26.4. The van der Waals surface area contributed by atoms with Gasteiger partial charge in [0.15, 0.2) is 5.41 Å². The number of hydrogen-bond acceptors (Lipinski definition) is 6. The first-order chi connectivity index (χ1) is 17.0. The molecule has 1 atom stereocenters. The van der Waals surface area contributed by atoms with Gasteiger partial charge in [0.05, 0.1) is 25.2 Å². The molecule has 4 rings (SSSR count). The number of sulfonamides is 1. The summed E-state index contributed by atoms with van der Waals surface area (Å²) in [4.78, 5) is 25.9. The van der Waals surface area contributed by atoms with E-state index in [1.165, 1.54) is 18.5 Å². The maximum atomic E-state index is 14.1. The number of allylic oxidation sites excluding steroid dienone is 3. The number of aryl methyl sites for hydroxylation is 1. The first kappa shape index (κ1) is 26.0. The minimum atomic E-state index is -4.02. The molecule has 1 unspecified atom stereocenters. The average Bonchev–Trinajstić information content (AvgIpc) is 3.29. The Balaban J connectivity index is 1.98. The van der Waals surface area contributed by atoms with Crippen molar-refractivity contribution in [2.24, 2.45) is 5.41 Å². The number of ether oxygens (including phenoxy) is 2. The molecule has 2 aromatic rings. The lowest BCUT2D eigenvalue weighted by Gasteiger charge is -2.39. The Kier molecular flexibility index (Phi) is 6.79.